The van der Waals surface area contributed by atoms with Crippen LogP contribution in [0.1, 0.15) is 5.56 Å². The number of nitrogens with zero attached hydrogens (tertiary/aromatic N) is 2. The monoisotopic (exact) mass is 393 g/mol. The molecule has 0 radical (unpaired) electrons. The fraction of sp³-hybridized carbons (Fsp3) is 0.278. The van der Waals surface area contributed by atoms with E-state index in [0.29, 0.717) is 12.2 Å². The number of hydrogen-bond donors (Lipinski definition) is 1. The second kappa shape index (κ2) is 8.57. The van der Waals surface area contributed by atoms with Crippen molar-refractivity contribution >= 4 is 33.5 Å². The number of nitrogens with one attached hydrogen (secondary N) is 1. The van der Waals surface area contributed by atoms with Crippen molar-refractivity contribution in [3.05, 3.63) is 54.1 Å². The normalized spacial score (nSPS) is 11.4. The highest BCUT2D eigenvalue weighted by molar-refractivity contribution is 7.98. The van der Waals surface area contributed by atoms with E-state index < -0.39 is 10.0 Å². The van der Waals surface area contributed by atoms with Crippen molar-refractivity contribution in [1.82, 2.24) is 9.21 Å². The summed E-state index contributed by atoms with van der Waals surface area (Å²) in [4.78, 5) is 15.2. The number of sulfonamides is 1. The van der Waals surface area contributed by atoms with Gasteiger partial charge < -0.3 is 10.2 Å². The van der Waals surface area contributed by atoms with Crippen LogP contribution in [0.25, 0.3) is 0 Å². The number of urea groups is 1. The number of carbonyl (C=O) groups excluding carboxylic acids is 1. The van der Waals surface area contributed by atoms with Gasteiger partial charge in [-0.05, 0) is 42.2 Å². The first kappa shape index (κ1) is 20.3. The maximum atomic E-state index is 12.4. The molecule has 1 N–H and O–H groups in total. The number of thioether (sulfide) groups is 1. The Hall–Kier alpha value is -2.03. The molecule has 2 aromatic rings. The summed E-state index contributed by atoms with van der Waals surface area (Å²) in [5.41, 5.74) is 1.45. The highest BCUT2D eigenvalue weighted by Crippen LogP contribution is 2.19. The minimum Gasteiger partial charge on any atom is -0.323 e. The summed E-state index contributed by atoms with van der Waals surface area (Å²) >= 11 is 1.66. The molecular formula is C18H23N3O3S2. The second-order valence-corrected chi connectivity index (χ2v) is 8.98. The van der Waals surface area contributed by atoms with Gasteiger partial charge >= 0.3 is 6.03 Å². The predicted octanol–water partition coefficient (Wildman–Crippen LogP) is 3.32. The van der Waals surface area contributed by atoms with E-state index in [0.717, 1.165) is 9.87 Å². The smallest absolute Gasteiger partial charge is 0.321 e. The Balaban J connectivity index is 2.06. The molecule has 0 atom stereocenters. The number of anilines is 1. The van der Waals surface area contributed by atoms with Crippen LogP contribution < -0.4 is 5.32 Å². The first-order valence-corrected chi connectivity index (χ1v) is 10.6. The van der Waals surface area contributed by atoms with Gasteiger partial charge in [-0.15, -0.1) is 11.8 Å². The molecule has 6 nitrogen and oxygen atoms in total. The molecule has 8 heteroatoms. The lowest BCUT2D eigenvalue weighted by Gasteiger charge is -2.19. The lowest BCUT2D eigenvalue weighted by molar-refractivity contribution is 0.220. The van der Waals surface area contributed by atoms with Gasteiger partial charge in [0.05, 0.1) is 4.90 Å². The molecule has 0 aliphatic heterocycles. The van der Waals surface area contributed by atoms with Crippen LogP contribution in [0.2, 0.25) is 0 Å². The standard InChI is InChI=1S/C18H23N3O3S2/c1-20(2)26(23,24)17-7-5-6-15(12-17)19-18(22)21(3)13-14-8-10-16(25-4)11-9-14/h5-12H,13H2,1-4H3,(H,19,22). The molecule has 0 aromatic heterocycles. The largest absolute Gasteiger partial charge is 0.323 e. The van der Waals surface area contributed by atoms with E-state index in [2.05, 4.69) is 5.32 Å². The van der Waals surface area contributed by atoms with Crippen molar-refractivity contribution in [2.45, 2.75) is 16.3 Å². The van der Waals surface area contributed by atoms with Crippen LogP contribution in [0.4, 0.5) is 10.5 Å². The Morgan fingerprint density at radius 1 is 1.08 bits per heavy atom. The summed E-state index contributed by atoms with van der Waals surface area (Å²) in [5.74, 6) is 0. The summed E-state index contributed by atoms with van der Waals surface area (Å²) in [5, 5.41) is 2.74. The summed E-state index contributed by atoms with van der Waals surface area (Å²) in [7, 11) is 1.09. The molecule has 0 bridgehead atoms. The van der Waals surface area contributed by atoms with Gasteiger partial charge in [0.1, 0.15) is 0 Å². The van der Waals surface area contributed by atoms with Gasteiger partial charge in [0, 0.05) is 38.3 Å². The Bertz CT molecular complexity index is 866. The summed E-state index contributed by atoms with van der Waals surface area (Å²) in [6.45, 7) is 0.455. The van der Waals surface area contributed by atoms with E-state index in [9.17, 15) is 13.2 Å². The van der Waals surface area contributed by atoms with Crippen LogP contribution in [0.3, 0.4) is 0 Å². The zero-order valence-corrected chi connectivity index (χ0v) is 16.9. The second-order valence-electron chi connectivity index (χ2n) is 5.95. The maximum Gasteiger partial charge on any atom is 0.321 e. The van der Waals surface area contributed by atoms with Crippen molar-refractivity contribution in [2.24, 2.45) is 0 Å². The molecule has 0 aliphatic rings. The van der Waals surface area contributed by atoms with Crippen molar-refractivity contribution in [1.29, 1.82) is 0 Å². The van der Waals surface area contributed by atoms with Crippen LogP contribution >= 0.6 is 11.8 Å². The zero-order chi connectivity index (χ0) is 19.3. The molecule has 0 saturated carbocycles. The van der Waals surface area contributed by atoms with Crippen LogP contribution in [-0.4, -0.2) is 51.1 Å². The van der Waals surface area contributed by atoms with Crippen molar-refractivity contribution < 1.29 is 13.2 Å². The van der Waals surface area contributed by atoms with Crippen molar-refractivity contribution in [3.63, 3.8) is 0 Å². The minimum atomic E-state index is -3.54. The molecule has 0 heterocycles. The number of carbonyl (C=O) groups is 1. The summed E-state index contributed by atoms with van der Waals surface area (Å²) in [6.07, 6.45) is 2.01. The van der Waals surface area contributed by atoms with Gasteiger partial charge in [-0.25, -0.2) is 17.5 Å². The average Bonchev–Trinajstić information content (AvgIpc) is 2.62. The lowest BCUT2D eigenvalue weighted by Crippen LogP contribution is -2.31. The topological polar surface area (TPSA) is 69.7 Å². The van der Waals surface area contributed by atoms with E-state index in [1.54, 1.807) is 35.8 Å². The number of rotatable bonds is 6. The molecule has 26 heavy (non-hydrogen) atoms. The van der Waals surface area contributed by atoms with Crippen molar-refractivity contribution in [2.75, 3.05) is 32.7 Å². The highest BCUT2D eigenvalue weighted by Gasteiger charge is 2.18. The SMILES string of the molecule is CSc1ccc(CN(C)C(=O)Nc2cccc(S(=O)(=O)N(C)C)c2)cc1. The molecule has 0 fully saturated rings. The molecule has 2 amide bonds. The first-order chi connectivity index (χ1) is 12.2. The van der Waals surface area contributed by atoms with Crippen LogP contribution in [0, 0.1) is 0 Å². The average molecular weight is 394 g/mol. The van der Waals surface area contributed by atoms with Gasteiger partial charge in [-0.2, -0.15) is 0 Å². The van der Waals surface area contributed by atoms with Gasteiger partial charge in [-0.3, -0.25) is 0 Å². The number of benzene rings is 2. The van der Waals surface area contributed by atoms with Gasteiger partial charge in [0.15, 0.2) is 0 Å². The zero-order valence-electron chi connectivity index (χ0n) is 15.3. The first-order valence-electron chi connectivity index (χ1n) is 7.91. The fourth-order valence-electron chi connectivity index (χ4n) is 2.24. The summed E-state index contributed by atoms with van der Waals surface area (Å²) in [6, 6.07) is 13.9. The molecule has 0 aliphatic carbocycles. The molecule has 0 saturated heterocycles. The lowest BCUT2D eigenvalue weighted by atomic mass is 10.2. The third kappa shape index (κ3) is 5.00. The van der Waals surface area contributed by atoms with Crippen LogP contribution in [-0.2, 0) is 16.6 Å². The molecule has 2 rings (SSSR count). The van der Waals surface area contributed by atoms with Gasteiger partial charge in [0.2, 0.25) is 10.0 Å². The molecular weight excluding hydrogens is 370 g/mol. The Morgan fingerprint density at radius 2 is 1.73 bits per heavy atom. The van der Waals surface area contributed by atoms with Gasteiger partial charge in [-0.1, -0.05) is 18.2 Å². The van der Waals surface area contributed by atoms with E-state index in [-0.39, 0.29) is 10.9 Å². The maximum absolute atomic E-state index is 12.4. The molecule has 0 spiro atoms. The predicted molar refractivity (Wildman–Crippen MR) is 106 cm³/mol. The number of hydrogen-bond acceptors (Lipinski definition) is 4. The van der Waals surface area contributed by atoms with Gasteiger partial charge in [0.25, 0.3) is 0 Å². The number of amides is 2. The fourth-order valence-corrected chi connectivity index (χ4v) is 3.60. The van der Waals surface area contributed by atoms with Crippen LogP contribution in [0.15, 0.2) is 58.3 Å². The quantitative estimate of drug-likeness (QED) is 0.765. The highest BCUT2D eigenvalue weighted by atomic mass is 32.2. The Kier molecular flexibility index (Phi) is 6.69. The van der Waals surface area contributed by atoms with E-state index in [1.165, 1.54) is 31.1 Å². The third-order valence-corrected chi connectivity index (χ3v) is 6.34. The van der Waals surface area contributed by atoms with Crippen LogP contribution in [0.5, 0.6) is 0 Å². The Labute approximate surface area is 159 Å². The van der Waals surface area contributed by atoms with E-state index in [1.807, 2.05) is 30.5 Å². The third-order valence-electron chi connectivity index (χ3n) is 3.79. The van der Waals surface area contributed by atoms with E-state index in [4.69, 9.17) is 0 Å². The molecule has 140 valence electrons. The van der Waals surface area contributed by atoms with Crippen molar-refractivity contribution in [3.8, 4) is 0 Å². The summed E-state index contributed by atoms with van der Waals surface area (Å²) < 4.78 is 25.5. The molecule has 0 unspecified atom stereocenters. The Morgan fingerprint density at radius 3 is 2.31 bits per heavy atom. The minimum absolute atomic E-state index is 0.135. The van der Waals surface area contributed by atoms with E-state index >= 15 is 0 Å². The molecule has 2 aromatic carbocycles.